The Balaban J connectivity index is 1.69. The number of esters is 1. The molecule has 0 aliphatic carbocycles. The summed E-state index contributed by atoms with van der Waals surface area (Å²) in [7, 11) is 1.36. The summed E-state index contributed by atoms with van der Waals surface area (Å²) in [5.74, 6) is 2.36. The molecular weight excluding hydrogens is 342 g/mol. The fourth-order valence-corrected chi connectivity index (χ4v) is 3.52. The normalized spacial score (nSPS) is 18.2. The van der Waals surface area contributed by atoms with E-state index in [1.165, 1.54) is 12.7 Å². The number of carbonyl (C=O) groups is 1. The average Bonchev–Trinajstić information content (AvgIpc) is 2.84. The molecule has 0 bridgehead atoms. The van der Waals surface area contributed by atoms with Gasteiger partial charge in [0, 0.05) is 16.6 Å². The summed E-state index contributed by atoms with van der Waals surface area (Å²) in [4.78, 5) is 11.2. The van der Waals surface area contributed by atoms with E-state index in [0.29, 0.717) is 6.42 Å². The van der Waals surface area contributed by atoms with Gasteiger partial charge in [0.2, 0.25) is 0 Å². The fraction of sp³-hybridized carbons (Fsp3) is 0.500. The second-order valence-corrected chi connectivity index (χ2v) is 6.75. The van der Waals surface area contributed by atoms with E-state index >= 15 is 0 Å². The molecule has 0 amide bonds. The van der Waals surface area contributed by atoms with Gasteiger partial charge in [-0.2, -0.15) is 11.8 Å². The van der Waals surface area contributed by atoms with Crippen LogP contribution in [0.4, 0.5) is 0 Å². The monoisotopic (exact) mass is 359 g/mol. The maximum atomic E-state index is 11.2. The first-order chi connectivity index (χ1) is 9.60. The number of fused-ring (bicyclic) bond motifs is 1. The van der Waals surface area contributed by atoms with Crippen molar-refractivity contribution in [3.8, 4) is 5.75 Å². The Morgan fingerprint density at radius 2 is 2.45 bits per heavy atom. The van der Waals surface area contributed by atoms with Crippen LogP contribution in [0, 0.1) is 0 Å². The van der Waals surface area contributed by atoms with Crippen LogP contribution < -0.4 is 10.5 Å². The predicted octanol–water partition coefficient (Wildman–Crippen LogP) is 2.38. The van der Waals surface area contributed by atoms with Crippen LogP contribution in [0.3, 0.4) is 0 Å². The molecule has 0 spiro atoms. The third-order valence-electron chi connectivity index (χ3n) is 3.14. The van der Waals surface area contributed by atoms with Crippen molar-refractivity contribution in [1.82, 2.24) is 0 Å². The number of carbonyl (C=O) groups excluding carboxylic acids is 1. The van der Waals surface area contributed by atoms with Gasteiger partial charge in [-0.3, -0.25) is 4.79 Å². The van der Waals surface area contributed by atoms with Crippen LogP contribution in [0.25, 0.3) is 0 Å². The van der Waals surface area contributed by atoms with Gasteiger partial charge in [0.1, 0.15) is 17.9 Å². The van der Waals surface area contributed by atoms with Crippen molar-refractivity contribution < 1.29 is 14.3 Å². The Kier molecular flexibility index (Phi) is 5.74. The molecule has 2 N–H and O–H groups in total. The quantitative estimate of drug-likeness (QED) is 0.624. The molecule has 1 aliphatic rings. The van der Waals surface area contributed by atoms with Gasteiger partial charge in [-0.1, -0.05) is 15.9 Å². The van der Waals surface area contributed by atoms with Crippen LogP contribution in [-0.4, -0.2) is 36.7 Å². The number of rotatable bonds is 6. The number of nitrogens with two attached hydrogens (primary N) is 1. The lowest BCUT2D eigenvalue weighted by atomic mass is 10.1. The predicted molar refractivity (Wildman–Crippen MR) is 84.2 cm³/mol. The largest absolute Gasteiger partial charge is 0.489 e. The van der Waals surface area contributed by atoms with Crippen LogP contribution in [-0.2, 0) is 16.0 Å². The van der Waals surface area contributed by atoms with E-state index in [1.54, 1.807) is 11.8 Å². The van der Waals surface area contributed by atoms with E-state index in [9.17, 15) is 4.79 Å². The van der Waals surface area contributed by atoms with Crippen LogP contribution in [0.2, 0.25) is 0 Å². The molecule has 110 valence electrons. The maximum Gasteiger partial charge on any atom is 0.322 e. The Bertz CT molecular complexity index is 483. The lowest BCUT2D eigenvalue weighted by molar-refractivity contribution is -0.142. The molecule has 0 saturated heterocycles. The molecule has 1 aromatic carbocycles. The van der Waals surface area contributed by atoms with Gasteiger partial charge in [-0.15, -0.1) is 0 Å². The van der Waals surface area contributed by atoms with Crippen LogP contribution in [0.15, 0.2) is 22.7 Å². The SMILES string of the molecule is COC(=O)C(N)CCSCC1Cc2cc(Br)ccc2O1. The summed E-state index contributed by atoms with van der Waals surface area (Å²) >= 11 is 5.22. The van der Waals surface area contributed by atoms with E-state index in [4.69, 9.17) is 10.5 Å². The molecule has 6 heteroatoms. The zero-order valence-corrected chi connectivity index (χ0v) is 13.7. The molecule has 2 rings (SSSR count). The Morgan fingerprint density at radius 1 is 1.65 bits per heavy atom. The fourth-order valence-electron chi connectivity index (χ4n) is 2.08. The number of hydrogen-bond donors (Lipinski definition) is 1. The number of thioether (sulfide) groups is 1. The highest BCUT2D eigenvalue weighted by molar-refractivity contribution is 9.10. The van der Waals surface area contributed by atoms with Crippen molar-refractivity contribution in [1.29, 1.82) is 0 Å². The van der Waals surface area contributed by atoms with Crippen LogP contribution >= 0.6 is 27.7 Å². The van der Waals surface area contributed by atoms with Gasteiger partial charge in [0.15, 0.2) is 0 Å². The average molecular weight is 360 g/mol. The van der Waals surface area contributed by atoms with Crippen molar-refractivity contribution in [2.45, 2.75) is 25.0 Å². The van der Waals surface area contributed by atoms with E-state index in [-0.39, 0.29) is 12.1 Å². The number of methoxy groups -OCH3 is 1. The van der Waals surface area contributed by atoms with E-state index in [0.717, 1.165) is 28.1 Å². The second-order valence-electron chi connectivity index (χ2n) is 4.69. The van der Waals surface area contributed by atoms with Gasteiger partial charge in [-0.25, -0.2) is 0 Å². The van der Waals surface area contributed by atoms with Gasteiger partial charge in [0.05, 0.1) is 7.11 Å². The van der Waals surface area contributed by atoms with Gasteiger partial charge in [-0.05, 0) is 35.9 Å². The summed E-state index contributed by atoms with van der Waals surface area (Å²) in [6, 6.07) is 5.57. The van der Waals surface area contributed by atoms with Crippen molar-refractivity contribution in [2.75, 3.05) is 18.6 Å². The van der Waals surface area contributed by atoms with Gasteiger partial charge < -0.3 is 15.2 Å². The van der Waals surface area contributed by atoms with E-state index in [1.807, 2.05) is 12.1 Å². The number of benzene rings is 1. The Hall–Kier alpha value is -0.720. The minimum Gasteiger partial charge on any atom is -0.489 e. The summed E-state index contributed by atoms with van der Waals surface area (Å²) in [6.07, 6.45) is 1.77. The van der Waals surface area contributed by atoms with Crippen LogP contribution in [0.5, 0.6) is 5.75 Å². The molecular formula is C14H18BrNO3S. The minimum atomic E-state index is -0.523. The first kappa shape index (κ1) is 15.7. The van der Waals surface area contributed by atoms with Crippen molar-refractivity contribution in [3.05, 3.63) is 28.2 Å². The lowest BCUT2D eigenvalue weighted by Crippen LogP contribution is -2.32. The highest BCUT2D eigenvalue weighted by atomic mass is 79.9. The standard InChI is InChI=1S/C14H18BrNO3S/c1-18-14(17)12(16)4-5-20-8-11-7-9-6-10(15)2-3-13(9)19-11/h2-3,6,11-12H,4-5,7-8,16H2,1H3. The summed E-state index contributed by atoms with van der Waals surface area (Å²) in [5.41, 5.74) is 6.93. The van der Waals surface area contributed by atoms with Crippen molar-refractivity contribution >= 4 is 33.7 Å². The number of ether oxygens (including phenoxy) is 2. The minimum absolute atomic E-state index is 0.207. The molecule has 0 saturated carbocycles. The molecule has 0 fully saturated rings. The molecule has 0 aromatic heterocycles. The highest BCUT2D eigenvalue weighted by Gasteiger charge is 2.23. The van der Waals surface area contributed by atoms with Crippen LogP contribution in [0.1, 0.15) is 12.0 Å². The van der Waals surface area contributed by atoms with Crippen molar-refractivity contribution in [3.63, 3.8) is 0 Å². The van der Waals surface area contributed by atoms with E-state index in [2.05, 4.69) is 26.7 Å². The molecule has 2 unspecified atom stereocenters. The van der Waals surface area contributed by atoms with Crippen molar-refractivity contribution in [2.24, 2.45) is 5.73 Å². The Morgan fingerprint density at radius 3 is 3.20 bits per heavy atom. The summed E-state index contributed by atoms with van der Waals surface area (Å²) < 4.78 is 11.5. The number of halogens is 1. The molecule has 0 radical (unpaired) electrons. The zero-order chi connectivity index (χ0) is 14.5. The third-order valence-corrected chi connectivity index (χ3v) is 4.77. The summed E-state index contributed by atoms with van der Waals surface area (Å²) in [5, 5.41) is 0. The summed E-state index contributed by atoms with van der Waals surface area (Å²) in [6.45, 7) is 0. The molecule has 2 atom stereocenters. The maximum absolute atomic E-state index is 11.2. The smallest absolute Gasteiger partial charge is 0.322 e. The lowest BCUT2D eigenvalue weighted by Gasteiger charge is -2.11. The number of hydrogen-bond acceptors (Lipinski definition) is 5. The highest BCUT2D eigenvalue weighted by Crippen LogP contribution is 2.32. The van der Waals surface area contributed by atoms with Gasteiger partial charge in [0.25, 0.3) is 0 Å². The topological polar surface area (TPSA) is 61.5 Å². The Labute approximate surface area is 131 Å². The first-order valence-corrected chi connectivity index (χ1v) is 8.41. The van der Waals surface area contributed by atoms with E-state index < -0.39 is 6.04 Å². The third kappa shape index (κ3) is 4.14. The zero-order valence-electron chi connectivity index (χ0n) is 11.3. The first-order valence-electron chi connectivity index (χ1n) is 6.46. The molecule has 1 aliphatic heterocycles. The second kappa shape index (κ2) is 7.33. The molecule has 20 heavy (non-hydrogen) atoms. The molecule has 1 aromatic rings. The van der Waals surface area contributed by atoms with Gasteiger partial charge >= 0.3 is 5.97 Å². The molecule has 1 heterocycles. The molecule has 4 nitrogen and oxygen atoms in total.